The van der Waals surface area contributed by atoms with Crippen molar-refractivity contribution in [3.63, 3.8) is 0 Å². The van der Waals surface area contributed by atoms with E-state index in [-0.39, 0.29) is 0 Å². The fourth-order valence-corrected chi connectivity index (χ4v) is 2.80. The molecule has 0 aliphatic heterocycles. The maximum atomic E-state index is 5.80. The molecule has 6 nitrogen and oxygen atoms in total. The molecule has 2 aromatic heterocycles. The highest BCUT2D eigenvalue weighted by Crippen LogP contribution is 2.25. The predicted molar refractivity (Wildman–Crippen MR) is 97.9 cm³/mol. The van der Waals surface area contributed by atoms with Crippen molar-refractivity contribution in [3.05, 3.63) is 66.0 Å². The van der Waals surface area contributed by atoms with Gasteiger partial charge in [-0.3, -0.25) is 0 Å². The van der Waals surface area contributed by atoms with Crippen molar-refractivity contribution in [2.24, 2.45) is 0 Å². The lowest BCUT2D eigenvalue weighted by Crippen LogP contribution is -3.06. The van der Waals surface area contributed by atoms with E-state index in [0.29, 0.717) is 24.9 Å². The molecule has 0 saturated heterocycles. The van der Waals surface area contributed by atoms with Crippen LogP contribution >= 0.6 is 0 Å². The molecule has 6 heteroatoms. The summed E-state index contributed by atoms with van der Waals surface area (Å²) in [6.07, 6.45) is 1.73. The van der Waals surface area contributed by atoms with Crippen molar-refractivity contribution in [2.75, 3.05) is 13.7 Å². The van der Waals surface area contributed by atoms with Gasteiger partial charge in [0.2, 0.25) is 0 Å². The second kappa shape index (κ2) is 8.01. The molecule has 0 aliphatic rings. The molecule has 26 heavy (non-hydrogen) atoms. The Morgan fingerprint density at radius 3 is 2.54 bits per heavy atom. The normalized spacial score (nSPS) is 12.1. The number of quaternary nitrogens is 1. The average Bonchev–Trinajstić information content (AvgIpc) is 3.20. The third kappa shape index (κ3) is 4.40. The Bertz CT molecular complexity index is 865. The minimum atomic E-state index is 0.505. The molecule has 2 heterocycles. The molecule has 0 saturated carbocycles. The van der Waals surface area contributed by atoms with Crippen LogP contribution in [0.4, 0.5) is 0 Å². The first-order chi connectivity index (χ1) is 12.5. The van der Waals surface area contributed by atoms with E-state index in [1.807, 2.05) is 32.0 Å². The van der Waals surface area contributed by atoms with Gasteiger partial charge in [-0.05, 0) is 44.2 Å². The summed E-state index contributed by atoms with van der Waals surface area (Å²) < 4.78 is 16.8. The lowest BCUT2D eigenvalue weighted by molar-refractivity contribution is -0.909. The van der Waals surface area contributed by atoms with E-state index in [1.54, 1.807) is 6.08 Å². The fourth-order valence-electron chi connectivity index (χ4n) is 2.80. The summed E-state index contributed by atoms with van der Waals surface area (Å²) in [5, 5.41) is 8.31. The van der Waals surface area contributed by atoms with Crippen LogP contribution in [0.25, 0.3) is 11.5 Å². The number of benzene rings is 1. The monoisotopic (exact) mass is 354 g/mol. The average molecular weight is 354 g/mol. The molecule has 0 bridgehead atoms. The zero-order valence-electron chi connectivity index (χ0n) is 15.4. The van der Waals surface area contributed by atoms with Gasteiger partial charge in [0.25, 0.3) is 11.8 Å². The van der Waals surface area contributed by atoms with Crippen LogP contribution in [0.5, 0.6) is 5.75 Å². The Hall–Kier alpha value is -2.86. The van der Waals surface area contributed by atoms with Gasteiger partial charge in [0, 0.05) is 5.56 Å². The number of nitrogens with one attached hydrogen (secondary N) is 1. The van der Waals surface area contributed by atoms with Crippen LogP contribution < -0.4 is 9.64 Å². The second-order valence-electron chi connectivity index (χ2n) is 6.38. The molecule has 1 atom stereocenters. The summed E-state index contributed by atoms with van der Waals surface area (Å²) in [6.45, 7) is 9.46. The highest BCUT2D eigenvalue weighted by atomic mass is 16.5. The number of nitrogens with zero attached hydrogens (tertiary/aromatic N) is 2. The number of furan rings is 1. The third-order valence-corrected chi connectivity index (χ3v) is 3.99. The van der Waals surface area contributed by atoms with Gasteiger partial charge in [0.05, 0.1) is 12.6 Å². The number of aromatic nitrogens is 2. The molecule has 0 radical (unpaired) electrons. The first kappa shape index (κ1) is 17.9. The molecular weight excluding hydrogens is 330 g/mol. The van der Waals surface area contributed by atoms with E-state index in [0.717, 1.165) is 29.4 Å². The van der Waals surface area contributed by atoms with Gasteiger partial charge in [0.1, 0.15) is 30.4 Å². The largest absolute Gasteiger partial charge is 0.490 e. The summed E-state index contributed by atoms with van der Waals surface area (Å²) in [7, 11) is 2.10. The molecule has 3 aromatic rings. The van der Waals surface area contributed by atoms with Gasteiger partial charge in [0.15, 0.2) is 6.54 Å². The Balaban J connectivity index is 1.59. The second-order valence-corrected chi connectivity index (χ2v) is 6.38. The number of ether oxygens (including phenoxy) is 1. The summed E-state index contributed by atoms with van der Waals surface area (Å²) >= 11 is 0. The van der Waals surface area contributed by atoms with Gasteiger partial charge in [-0.15, -0.1) is 10.2 Å². The zero-order valence-corrected chi connectivity index (χ0v) is 15.4. The van der Waals surface area contributed by atoms with E-state index in [9.17, 15) is 0 Å². The SMILES string of the molecule is C=CCOc1ccc(C[NH+](C)Cc2nnc(-c3cc(C)oc3C)o2)cc1. The first-order valence-electron chi connectivity index (χ1n) is 8.59. The topological polar surface area (TPSA) is 65.7 Å². The Morgan fingerprint density at radius 2 is 1.88 bits per heavy atom. The van der Waals surface area contributed by atoms with E-state index in [2.05, 4.69) is 36.0 Å². The molecule has 1 unspecified atom stereocenters. The molecule has 136 valence electrons. The molecule has 1 N–H and O–H groups in total. The van der Waals surface area contributed by atoms with Gasteiger partial charge in [-0.2, -0.15) is 0 Å². The predicted octanol–water partition coefficient (Wildman–Crippen LogP) is 2.73. The number of rotatable bonds is 8. The van der Waals surface area contributed by atoms with Crippen LogP contribution in [0.15, 0.2) is 51.8 Å². The molecule has 3 rings (SSSR count). The van der Waals surface area contributed by atoms with Crippen molar-refractivity contribution in [1.29, 1.82) is 0 Å². The summed E-state index contributed by atoms with van der Waals surface area (Å²) in [6, 6.07) is 10.00. The fraction of sp³-hybridized carbons (Fsp3) is 0.300. The molecule has 0 fully saturated rings. The Labute approximate surface area is 153 Å². The molecule has 0 amide bonds. The Morgan fingerprint density at radius 1 is 1.12 bits per heavy atom. The van der Waals surface area contributed by atoms with E-state index < -0.39 is 0 Å². The number of aryl methyl sites for hydroxylation is 2. The van der Waals surface area contributed by atoms with Crippen molar-refractivity contribution >= 4 is 0 Å². The van der Waals surface area contributed by atoms with Gasteiger partial charge in [-0.1, -0.05) is 12.7 Å². The lowest BCUT2D eigenvalue weighted by atomic mass is 10.2. The minimum Gasteiger partial charge on any atom is -0.490 e. The standard InChI is InChI=1S/C20H23N3O3/c1-5-10-24-17-8-6-16(7-9-17)12-23(4)13-19-21-22-20(26-19)18-11-14(2)25-15(18)3/h5-9,11H,1,10,12-13H2,2-4H3/p+1. The zero-order chi connectivity index (χ0) is 18.5. The van der Waals surface area contributed by atoms with Crippen molar-refractivity contribution in [3.8, 4) is 17.2 Å². The molecular formula is C20H24N3O3+. The van der Waals surface area contributed by atoms with E-state index >= 15 is 0 Å². The van der Waals surface area contributed by atoms with Gasteiger partial charge >= 0.3 is 0 Å². The summed E-state index contributed by atoms with van der Waals surface area (Å²) in [5.41, 5.74) is 2.07. The molecule has 1 aromatic carbocycles. The van der Waals surface area contributed by atoms with E-state index in [1.165, 1.54) is 10.5 Å². The maximum Gasteiger partial charge on any atom is 0.271 e. The highest BCUT2D eigenvalue weighted by molar-refractivity contribution is 5.55. The van der Waals surface area contributed by atoms with Crippen molar-refractivity contribution in [1.82, 2.24) is 10.2 Å². The number of hydrogen-bond donors (Lipinski definition) is 1. The Kier molecular flexibility index (Phi) is 5.53. The quantitative estimate of drug-likeness (QED) is 0.630. The smallest absolute Gasteiger partial charge is 0.271 e. The van der Waals surface area contributed by atoms with Crippen LogP contribution in [0.1, 0.15) is 23.0 Å². The van der Waals surface area contributed by atoms with Gasteiger partial charge in [-0.25, -0.2) is 0 Å². The van der Waals surface area contributed by atoms with Crippen molar-refractivity contribution in [2.45, 2.75) is 26.9 Å². The summed E-state index contributed by atoms with van der Waals surface area (Å²) in [4.78, 5) is 1.25. The number of hydrogen-bond acceptors (Lipinski definition) is 5. The molecule has 0 aliphatic carbocycles. The van der Waals surface area contributed by atoms with Crippen LogP contribution in [0.2, 0.25) is 0 Å². The summed E-state index contributed by atoms with van der Waals surface area (Å²) in [5.74, 6) is 3.59. The first-order valence-corrected chi connectivity index (χ1v) is 8.59. The van der Waals surface area contributed by atoms with Gasteiger partial charge < -0.3 is 18.5 Å². The highest BCUT2D eigenvalue weighted by Gasteiger charge is 2.17. The van der Waals surface area contributed by atoms with Crippen molar-refractivity contribution < 1.29 is 18.5 Å². The van der Waals surface area contributed by atoms with Crippen LogP contribution in [0, 0.1) is 13.8 Å². The van der Waals surface area contributed by atoms with Crippen LogP contribution in [-0.2, 0) is 13.1 Å². The van der Waals surface area contributed by atoms with E-state index in [4.69, 9.17) is 13.6 Å². The van der Waals surface area contributed by atoms with Crippen LogP contribution in [0.3, 0.4) is 0 Å². The maximum absolute atomic E-state index is 5.80. The van der Waals surface area contributed by atoms with Crippen LogP contribution in [-0.4, -0.2) is 23.9 Å². The molecule has 0 spiro atoms. The third-order valence-electron chi connectivity index (χ3n) is 3.99. The lowest BCUT2D eigenvalue weighted by Gasteiger charge is -2.12. The minimum absolute atomic E-state index is 0.505.